The van der Waals surface area contributed by atoms with Crippen LogP contribution in [0.5, 0.6) is 0 Å². The zero-order chi connectivity index (χ0) is 10.1. The summed E-state index contributed by atoms with van der Waals surface area (Å²) in [7, 11) is 1.88. The van der Waals surface area contributed by atoms with Gasteiger partial charge in [-0.1, -0.05) is 6.07 Å². The molecule has 1 unspecified atom stereocenters. The summed E-state index contributed by atoms with van der Waals surface area (Å²) in [5.74, 6) is 0. The van der Waals surface area contributed by atoms with Crippen LogP contribution in [0, 0.1) is 0 Å². The highest BCUT2D eigenvalue weighted by atomic mass is 32.1. The largest absolute Gasteiger partial charge is 0.322 e. The molecule has 1 saturated heterocycles. The lowest BCUT2D eigenvalue weighted by Gasteiger charge is -2.15. The van der Waals surface area contributed by atoms with Crippen molar-refractivity contribution >= 4 is 17.4 Å². The van der Waals surface area contributed by atoms with Gasteiger partial charge in [0.15, 0.2) is 0 Å². The molecule has 2 amide bonds. The van der Waals surface area contributed by atoms with Crippen LogP contribution in [-0.2, 0) is 0 Å². The number of hydrogen-bond acceptors (Lipinski definition) is 2. The lowest BCUT2D eigenvalue weighted by Crippen LogP contribution is -2.29. The first-order chi connectivity index (χ1) is 6.74. The Morgan fingerprint density at radius 1 is 1.64 bits per heavy atom. The van der Waals surface area contributed by atoms with Crippen LogP contribution in [0.4, 0.5) is 4.79 Å². The fourth-order valence-corrected chi connectivity index (χ4v) is 2.65. The highest BCUT2D eigenvalue weighted by Crippen LogP contribution is 2.30. The molecule has 4 heteroatoms. The van der Waals surface area contributed by atoms with Gasteiger partial charge in [0.1, 0.15) is 0 Å². The Labute approximate surface area is 87.9 Å². The molecule has 0 radical (unpaired) electrons. The number of amides is 2. The summed E-state index contributed by atoms with van der Waals surface area (Å²) < 4.78 is 0. The van der Waals surface area contributed by atoms with Gasteiger partial charge in [0.05, 0.1) is 6.04 Å². The summed E-state index contributed by atoms with van der Waals surface area (Å²) in [4.78, 5) is 16.7. The quantitative estimate of drug-likeness (QED) is 0.734. The summed E-state index contributed by atoms with van der Waals surface area (Å²) in [5, 5.41) is 2.06. The van der Waals surface area contributed by atoms with Crippen LogP contribution in [0.2, 0.25) is 0 Å². The van der Waals surface area contributed by atoms with Crippen molar-refractivity contribution in [2.24, 2.45) is 0 Å². The van der Waals surface area contributed by atoms with E-state index in [0.717, 1.165) is 13.1 Å². The SMILES string of the molecule is CCN1CC(c2cccs2)N(C)C1=O. The van der Waals surface area contributed by atoms with Gasteiger partial charge in [0.25, 0.3) is 0 Å². The Kier molecular flexibility index (Phi) is 2.46. The Morgan fingerprint density at radius 3 is 2.93 bits per heavy atom. The lowest BCUT2D eigenvalue weighted by atomic mass is 10.2. The van der Waals surface area contributed by atoms with Crippen molar-refractivity contribution in [3.05, 3.63) is 22.4 Å². The molecule has 1 fully saturated rings. The molecule has 76 valence electrons. The van der Waals surface area contributed by atoms with E-state index >= 15 is 0 Å². The molecular weight excluding hydrogens is 196 g/mol. The number of carbonyl (C=O) groups excluding carboxylic acids is 1. The number of rotatable bonds is 2. The summed E-state index contributed by atoms with van der Waals surface area (Å²) in [6, 6.07) is 4.53. The fraction of sp³-hybridized carbons (Fsp3) is 0.500. The first-order valence-corrected chi connectivity index (χ1v) is 5.67. The smallest absolute Gasteiger partial charge is 0.320 e. The van der Waals surface area contributed by atoms with Gasteiger partial charge in [-0.3, -0.25) is 0 Å². The summed E-state index contributed by atoms with van der Waals surface area (Å²) in [5.41, 5.74) is 0. The Bertz CT molecular complexity index is 323. The van der Waals surface area contributed by atoms with Crippen molar-refractivity contribution in [2.75, 3.05) is 20.1 Å². The zero-order valence-corrected chi connectivity index (χ0v) is 9.25. The van der Waals surface area contributed by atoms with Crippen LogP contribution >= 0.6 is 11.3 Å². The fourth-order valence-electron chi connectivity index (χ4n) is 1.79. The molecule has 2 heterocycles. The highest BCUT2D eigenvalue weighted by Gasteiger charge is 2.34. The third kappa shape index (κ3) is 1.39. The Morgan fingerprint density at radius 2 is 2.43 bits per heavy atom. The molecule has 0 spiro atoms. The molecule has 0 aromatic carbocycles. The lowest BCUT2D eigenvalue weighted by molar-refractivity contribution is 0.197. The Balaban J connectivity index is 2.20. The maximum atomic E-state index is 11.7. The van der Waals surface area contributed by atoms with E-state index in [2.05, 4.69) is 11.4 Å². The van der Waals surface area contributed by atoms with Gasteiger partial charge < -0.3 is 9.80 Å². The standard InChI is InChI=1S/C10H14N2OS/c1-3-12-7-8(11(2)10(12)13)9-5-4-6-14-9/h4-6,8H,3,7H2,1-2H3. The van der Waals surface area contributed by atoms with Crippen molar-refractivity contribution in [1.82, 2.24) is 9.80 Å². The molecule has 1 aliphatic rings. The topological polar surface area (TPSA) is 23.6 Å². The second-order valence-corrected chi connectivity index (χ2v) is 4.44. The minimum atomic E-state index is 0.144. The number of thiophene rings is 1. The molecule has 2 rings (SSSR count). The van der Waals surface area contributed by atoms with Crippen molar-refractivity contribution in [3.63, 3.8) is 0 Å². The van der Waals surface area contributed by atoms with E-state index in [4.69, 9.17) is 0 Å². The molecule has 0 bridgehead atoms. The summed E-state index contributed by atoms with van der Waals surface area (Å²) in [6.45, 7) is 3.64. The second kappa shape index (κ2) is 3.61. The van der Waals surface area contributed by atoms with E-state index in [1.165, 1.54) is 4.88 Å². The van der Waals surface area contributed by atoms with E-state index in [9.17, 15) is 4.79 Å². The van der Waals surface area contributed by atoms with Crippen LogP contribution in [-0.4, -0.2) is 36.0 Å². The number of carbonyl (C=O) groups is 1. The van der Waals surface area contributed by atoms with Crippen molar-refractivity contribution in [3.8, 4) is 0 Å². The average Bonchev–Trinajstić information content (AvgIpc) is 2.78. The summed E-state index contributed by atoms with van der Waals surface area (Å²) in [6.07, 6.45) is 0. The van der Waals surface area contributed by atoms with E-state index in [0.29, 0.717) is 0 Å². The molecule has 1 aromatic heterocycles. The molecule has 0 saturated carbocycles. The van der Waals surface area contributed by atoms with Crippen LogP contribution in [0.1, 0.15) is 17.8 Å². The number of urea groups is 1. The van der Waals surface area contributed by atoms with Crippen LogP contribution in [0.25, 0.3) is 0 Å². The van der Waals surface area contributed by atoms with Crippen molar-refractivity contribution < 1.29 is 4.79 Å². The number of nitrogens with zero attached hydrogens (tertiary/aromatic N) is 2. The molecule has 1 aromatic rings. The molecule has 0 N–H and O–H groups in total. The monoisotopic (exact) mass is 210 g/mol. The van der Waals surface area contributed by atoms with Gasteiger partial charge in [-0.25, -0.2) is 4.79 Å². The first kappa shape index (κ1) is 9.52. The molecule has 3 nitrogen and oxygen atoms in total. The predicted octanol–water partition coefficient (Wildman–Crippen LogP) is 2.18. The number of hydrogen-bond donors (Lipinski definition) is 0. The Hall–Kier alpha value is -1.03. The minimum Gasteiger partial charge on any atom is -0.322 e. The summed E-state index contributed by atoms with van der Waals surface area (Å²) >= 11 is 1.72. The molecule has 14 heavy (non-hydrogen) atoms. The van der Waals surface area contributed by atoms with Crippen molar-refractivity contribution in [2.45, 2.75) is 13.0 Å². The first-order valence-electron chi connectivity index (χ1n) is 4.79. The normalized spacial score (nSPS) is 22.1. The zero-order valence-electron chi connectivity index (χ0n) is 8.43. The number of likely N-dealkylation sites (N-methyl/N-ethyl adjacent to an activating group) is 2. The van der Waals surface area contributed by atoms with Crippen LogP contribution in [0.3, 0.4) is 0 Å². The van der Waals surface area contributed by atoms with Gasteiger partial charge in [-0.2, -0.15) is 0 Å². The molecular formula is C10H14N2OS. The van der Waals surface area contributed by atoms with Gasteiger partial charge >= 0.3 is 6.03 Å². The van der Waals surface area contributed by atoms with Gasteiger partial charge in [-0.05, 0) is 18.4 Å². The van der Waals surface area contributed by atoms with E-state index in [1.807, 2.05) is 29.8 Å². The van der Waals surface area contributed by atoms with E-state index < -0.39 is 0 Å². The highest BCUT2D eigenvalue weighted by molar-refractivity contribution is 7.10. The third-order valence-corrected chi connectivity index (χ3v) is 3.66. The third-order valence-electron chi connectivity index (χ3n) is 2.69. The maximum absolute atomic E-state index is 11.7. The minimum absolute atomic E-state index is 0.144. The van der Waals surface area contributed by atoms with Gasteiger partial charge in [0, 0.05) is 25.0 Å². The van der Waals surface area contributed by atoms with Crippen LogP contribution < -0.4 is 0 Å². The maximum Gasteiger partial charge on any atom is 0.320 e. The molecule has 1 atom stereocenters. The van der Waals surface area contributed by atoms with E-state index in [1.54, 1.807) is 11.3 Å². The second-order valence-electron chi connectivity index (χ2n) is 3.46. The van der Waals surface area contributed by atoms with Crippen molar-refractivity contribution in [1.29, 1.82) is 0 Å². The molecule has 0 aliphatic carbocycles. The molecule has 1 aliphatic heterocycles. The van der Waals surface area contributed by atoms with Crippen LogP contribution in [0.15, 0.2) is 17.5 Å². The average molecular weight is 210 g/mol. The van der Waals surface area contributed by atoms with Gasteiger partial charge in [-0.15, -0.1) is 11.3 Å². The van der Waals surface area contributed by atoms with E-state index in [-0.39, 0.29) is 12.1 Å². The predicted molar refractivity (Wildman–Crippen MR) is 57.5 cm³/mol. The van der Waals surface area contributed by atoms with Gasteiger partial charge in [0.2, 0.25) is 0 Å².